The van der Waals surface area contributed by atoms with E-state index in [0.29, 0.717) is 0 Å². The van der Waals surface area contributed by atoms with E-state index >= 15 is 0 Å². The Kier molecular flexibility index (Phi) is 7.38. The van der Waals surface area contributed by atoms with Crippen molar-refractivity contribution in [3.05, 3.63) is 35.4 Å². The first-order valence-corrected chi connectivity index (χ1v) is 8.25. The molecule has 1 aromatic rings. The second-order valence-corrected chi connectivity index (χ2v) is 6.39. The summed E-state index contributed by atoms with van der Waals surface area (Å²) in [6, 6.07) is 4.19. The van der Waals surface area contributed by atoms with Crippen LogP contribution in [0.2, 0.25) is 0 Å². The van der Waals surface area contributed by atoms with Crippen molar-refractivity contribution in [3.8, 4) is 0 Å². The summed E-state index contributed by atoms with van der Waals surface area (Å²) in [5.74, 6) is -1.51. The van der Waals surface area contributed by atoms with E-state index in [0.717, 1.165) is 41.7 Å². The number of benzene rings is 1. The minimum atomic E-state index is -0.766. The molecule has 1 rings (SSSR count). The molecule has 4 heteroatoms. The molecule has 0 aliphatic heterocycles. The van der Waals surface area contributed by atoms with Gasteiger partial charge in [-0.2, -0.15) is 0 Å². The molecular weight excluding hydrogens is 274 g/mol. The van der Waals surface area contributed by atoms with Gasteiger partial charge in [0, 0.05) is 5.60 Å². The monoisotopic (exact) mass is 300 g/mol. The van der Waals surface area contributed by atoms with Crippen molar-refractivity contribution < 1.29 is 13.2 Å². The molecule has 0 fully saturated rings. The molecule has 1 aromatic carbocycles. The lowest BCUT2D eigenvalue weighted by atomic mass is 9.99. The first kappa shape index (κ1) is 17.3. The molecule has 0 unspecified atom stereocenters. The Morgan fingerprint density at radius 3 is 2.30 bits per heavy atom. The van der Waals surface area contributed by atoms with E-state index < -0.39 is 11.6 Å². The van der Waals surface area contributed by atoms with Crippen molar-refractivity contribution in [1.29, 1.82) is 0 Å². The van der Waals surface area contributed by atoms with E-state index in [1.165, 1.54) is 31.4 Å². The average molecular weight is 300 g/mol. The van der Waals surface area contributed by atoms with Gasteiger partial charge >= 0.3 is 0 Å². The zero-order valence-electron chi connectivity index (χ0n) is 12.8. The van der Waals surface area contributed by atoms with Crippen LogP contribution in [0.4, 0.5) is 8.78 Å². The molecule has 0 aliphatic carbocycles. The second-order valence-electron chi connectivity index (χ2n) is 5.98. The lowest BCUT2D eigenvalue weighted by Gasteiger charge is -2.23. The van der Waals surface area contributed by atoms with Crippen LogP contribution in [0.25, 0.3) is 0 Å². The van der Waals surface area contributed by atoms with E-state index in [1.807, 2.05) is 0 Å². The van der Waals surface area contributed by atoms with Gasteiger partial charge in [-0.05, 0) is 50.8 Å². The lowest BCUT2D eigenvalue weighted by Crippen LogP contribution is -2.22. The maximum absolute atomic E-state index is 13.0. The number of hydrogen-bond donors (Lipinski definition) is 0. The molecule has 0 aliphatic rings. The van der Waals surface area contributed by atoms with Crippen molar-refractivity contribution in [3.63, 3.8) is 0 Å². The van der Waals surface area contributed by atoms with Gasteiger partial charge in [0.15, 0.2) is 11.6 Å². The molecule has 0 saturated carbocycles. The third-order valence-corrected chi connectivity index (χ3v) is 4.89. The maximum atomic E-state index is 13.0. The van der Waals surface area contributed by atoms with Gasteiger partial charge in [-0.3, -0.25) is 0 Å². The van der Waals surface area contributed by atoms with Crippen molar-refractivity contribution >= 4 is 10.5 Å². The Morgan fingerprint density at radius 2 is 1.65 bits per heavy atom. The standard InChI is InChI=1S/C16H26F2OSi/c1-16(2,19-20)11-7-5-3-4-6-8-13-9-10-14(17)15(18)12-13/h9-10,12H,3-8,11H2,1-2,20H3. The number of halogens is 2. The van der Waals surface area contributed by atoms with E-state index in [4.69, 9.17) is 4.43 Å². The summed E-state index contributed by atoms with van der Waals surface area (Å²) in [7, 11) is 0.794. The largest absolute Gasteiger partial charge is 0.423 e. The van der Waals surface area contributed by atoms with Gasteiger partial charge in [-0.25, -0.2) is 8.78 Å². The van der Waals surface area contributed by atoms with E-state index in [2.05, 4.69) is 13.8 Å². The van der Waals surface area contributed by atoms with Crippen LogP contribution in [0.3, 0.4) is 0 Å². The summed E-state index contributed by atoms with van der Waals surface area (Å²) in [4.78, 5) is 0. The van der Waals surface area contributed by atoms with Crippen LogP contribution in [-0.4, -0.2) is 16.1 Å². The molecule has 0 bridgehead atoms. The fourth-order valence-electron chi connectivity index (χ4n) is 2.21. The third-order valence-electron chi connectivity index (χ3n) is 3.78. The number of aryl methyl sites for hydroxylation is 1. The predicted octanol–water partition coefficient (Wildman–Crippen LogP) is 3.92. The van der Waals surface area contributed by atoms with Crippen LogP contribution in [0.5, 0.6) is 0 Å². The molecule has 0 amide bonds. The molecular formula is C16H26F2OSi. The molecule has 0 N–H and O–H groups in total. The van der Waals surface area contributed by atoms with Crippen LogP contribution in [0.1, 0.15) is 57.9 Å². The summed E-state index contributed by atoms with van der Waals surface area (Å²) in [5, 5.41) is 0. The molecule has 0 atom stereocenters. The topological polar surface area (TPSA) is 9.23 Å². The van der Waals surface area contributed by atoms with Gasteiger partial charge in [0.05, 0.1) is 0 Å². The zero-order chi connectivity index (χ0) is 15.0. The Morgan fingerprint density at radius 1 is 1.00 bits per heavy atom. The first-order valence-electron chi connectivity index (χ1n) is 7.44. The quantitative estimate of drug-likeness (QED) is 0.496. The normalized spacial score (nSPS) is 12.0. The summed E-state index contributed by atoms with van der Waals surface area (Å²) in [6.45, 7) is 4.28. The first-order chi connectivity index (χ1) is 9.44. The summed E-state index contributed by atoms with van der Waals surface area (Å²) in [5.41, 5.74) is 0.923. The van der Waals surface area contributed by atoms with E-state index in [-0.39, 0.29) is 5.60 Å². The van der Waals surface area contributed by atoms with E-state index in [1.54, 1.807) is 6.07 Å². The Labute approximate surface area is 124 Å². The van der Waals surface area contributed by atoms with Crippen LogP contribution in [0, 0.1) is 11.6 Å². The molecule has 0 spiro atoms. The molecule has 0 aromatic heterocycles. The van der Waals surface area contributed by atoms with Crippen molar-refractivity contribution in [1.82, 2.24) is 0 Å². The van der Waals surface area contributed by atoms with Gasteiger partial charge in [0.25, 0.3) is 0 Å². The van der Waals surface area contributed by atoms with Gasteiger partial charge in [-0.15, -0.1) is 0 Å². The van der Waals surface area contributed by atoms with Crippen molar-refractivity contribution in [2.24, 2.45) is 0 Å². The average Bonchev–Trinajstić information content (AvgIpc) is 2.41. The van der Waals surface area contributed by atoms with Crippen LogP contribution in [0.15, 0.2) is 18.2 Å². The highest BCUT2D eigenvalue weighted by atomic mass is 28.2. The minimum Gasteiger partial charge on any atom is -0.423 e. The van der Waals surface area contributed by atoms with Gasteiger partial charge in [0.1, 0.15) is 10.5 Å². The summed E-state index contributed by atoms with van der Waals surface area (Å²) < 4.78 is 31.3. The lowest BCUT2D eigenvalue weighted by molar-refractivity contribution is 0.109. The maximum Gasteiger partial charge on any atom is 0.159 e. The van der Waals surface area contributed by atoms with Crippen LogP contribution in [-0.2, 0) is 10.8 Å². The third kappa shape index (κ3) is 6.62. The fraction of sp³-hybridized carbons (Fsp3) is 0.625. The smallest absolute Gasteiger partial charge is 0.159 e. The number of rotatable bonds is 9. The van der Waals surface area contributed by atoms with Crippen molar-refractivity contribution in [2.75, 3.05) is 0 Å². The molecule has 1 nitrogen and oxygen atoms in total. The van der Waals surface area contributed by atoms with Crippen molar-refractivity contribution in [2.45, 2.75) is 64.4 Å². The second kappa shape index (κ2) is 8.52. The Balaban J connectivity index is 2.09. The molecule has 0 radical (unpaired) electrons. The van der Waals surface area contributed by atoms with Crippen LogP contribution < -0.4 is 0 Å². The minimum absolute atomic E-state index is 0.0395. The Bertz CT molecular complexity index is 407. The number of hydrogen-bond acceptors (Lipinski definition) is 1. The Hall–Kier alpha value is -0.743. The molecule has 0 saturated heterocycles. The molecule has 0 heterocycles. The number of unbranched alkanes of at least 4 members (excludes halogenated alkanes) is 4. The highest BCUT2D eigenvalue weighted by Gasteiger charge is 2.14. The zero-order valence-corrected chi connectivity index (χ0v) is 14.8. The SMILES string of the molecule is CC(C)(CCCCCCCc1ccc(F)c(F)c1)O[SiH3]. The summed E-state index contributed by atoms with van der Waals surface area (Å²) >= 11 is 0. The van der Waals surface area contributed by atoms with Crippen LogP contribution >= 0.6 is 0 Å². The fourth-order valence-corrected chi connectivity index (χ4v) is 2.41. The predicted molar refractivity (Wildman–Crippen MR) is 82.9 cm³/mol. The molecule has 114 valence electrons. The van der Waals surface area contributed by atoms with Gasteiger partial charge in [-0.1, -0.05) is 31.7 Å². The highest BCUT2D eigenvalue weighted by molar-refractivity contribution is 5.98. The highest BCUT2D eigenvalue weighted by Crippen LogP contribution is 2.18. The summed E-state index contributed by atoms with van der Waals surface area (Å²) in [6.07, 6.45) is 7.71. The van der Waals surface area contributed by atoms with E-state index in [9.17, 15) is 8.78 Å². The van der Waals surface area contributed by atoms with Gasteiger partial charge in [0.2, 0.25) is 0 Å². The van der Waals surface area contributed by atoms with Gasteiger partial charge < -0.3 is 4.43 Å². The molecule has 20 heavy (non-hydrogen) atoms.